The topological polar surface area (TPSA) is 80.4 Å². The second kappa shape index (κ2) is 8.51. The van der Waals surface area contributed by atoms with Gasteiger partial charge in [0, 0.05) is 0 Å². The van der Waals surface area contributed by atoms with Crippen LogP contribution in [-0.2, 0) is 9.84 Å². The molecule has 0 bridgehead atoms. The van der Waals surface area contributed by atoms with Crippen LogP contribution in [0.15, 0.2) is 29.2 Å². The Kier molecular flexibility index (Phi) is 7.35. The van der Waals surface area contributed by atoms with Gasteiger partial charge in [0.25, 0.3) is 0 Å². The number of hydrogen-bond acceptors (Lipinski definition) is 4. The standard InChI is InChI=1S/C16H27NO3S/c1-3-6-13(4-2)12-21(19,20)15-8-5-7-14(11-15)16(18)9-10-17/h5,7-8,11,13,16,18H,3-4,6,9-10,12,17H2,1-2H3. The van der Waals surface area contributed by atoms with Crippen LogP contribution in [0, 0.1) is 5.92 Å². The van der Waals surface area contributed by atoms with E-state index in [1.807, 2.05) is 6.92 Å². The zero-order valence-corrected chi connectivity index (χ0v) is 13.8. The SMILES string of the molecule is CCCC(CC)CS(=O)(=O)c1cccc(C(O)CCN)c1. The normalized spacial score (nSPS) is 14.9. The third-order valence-electron chi connectivity index (χ3n) is 3.77. The fourth-order valence-corrected chi connectivity index (χ4v) is 4.28. The van der Waals surface area contributed by atoms with Crippen molar-refractivity contribution in [2.24, 2.45) is 11.7 Å². The fourth-order valence-electron chi connectivity index (χ4n) is 2.46. The van der Waals surface area contributed by atoms with Gasteiger partial charge in [-0.05, 0) is 43.0 Å². The smallest absolute Gasteiger partial charge is 0.178 e. The van der Waals surface area contributed by atoms with E-state index in [0.717, 1.165) is 19.3 Å². The van der Waals surface area contributed by atoms with E-state index >= 15 is 0 Å². The molecule has 0 heterocycles. The molecule has 2 unspecified atom stereocenters. The minimum Gasteiger partial charge on any atom is -0.388 e. The highest BCUT2D eigenvalue weighted by Gasteiger charge is 2.21. The van der Waals surface area contributed by atoms with Crippen molar-refractivity contribution < 1.29 is 13.5 Å². The second-order valence-corrected chi connectivity index (χ2v) is 7.54. The first-order valence-corrected chi connectivity index (χ1v) is 9.30. The maximum absolute atomic E-state index is 12.5. The van der Waals surface area contributed by atoms with Gasteiger partial charge >= 0.3 is 0 Å². The van der Waals surface area contributed by atoms with E-state index < -0.39 is 15.9 Å². The molecule has 0 amide bonds. The van der Waals surface area contributed by atoms with E-state index in [4.69, 9.17) is 5.73 Å². The number of sulfone groups is 1. The molecule has 0 aromatic heterocycles. The van der Waals surface area contributed by atoms with Crippen molar-refractivity contribution in [3.8, 4) is 0 Å². The zero-order valence-electron chi connectivity index (χ0n) is 13.0. The van der Waals surface area contributed by atoms with Crippen LogP contribution in [0.1, 0.15) is 51.2 Å². The molecular weight excluding hydrogens is 286 g/mol. The van der Waals surface area contributed by atoms with Crippen molar-refractivity contribution in [3.63, 3.8) is 0 Å². The van der Waals surface area contributed by atoms with E-state index in [2.05, 4.69) is 6.92 Å². The number of nitrogens with two attached hydrogens (primary N) is 1. The van der Waals surface area contributed by atoms with Crippen LogP contribution < -0.4 is 5.73 Å². The van der Waals surface area contributed by atoms with Gasteiger partial charge in [-0.2, -0.15) is 0 Å². The summed E-state index contributed by atoms with van der Waals surface area (Å²) in [4.78, 5) is 0.297. The lowest BCUT2D eigenvalue weighted by Gasteiger charge is -2.15. The van der Waals surface area contributed by atoms with Gasteiger partial charge in [0.1, 0.15) is 0 Å². The Morgan fingerprint density at radius 2 is 1.95 bits per heavy atom. The molecular formula is C16H27NO3S. The average molecular weight is 313 g/mol. The number of aliphatic hydroxyl groups excluding tert-OH is 1. The minimum absolute atomic E-state index is 0.174. The summed E-state index contributed by atoms with van der Waals surface area (Å²) in [6, 6.07) is 6.60. The summed E-state index contributed by atoms with van der Waals surface area (Å²) in [6.07, 6.45) is 2.50. The quantitative estimate of drug-likeness (QED) is 0.734. The molecule has 0 saturated heterocycles. The van der Waals surface area contributed by atoms with Crippen LogP contribution in [0.3, 0.4) is 0 Å². The van der Waals surface area contributed by atoms with E-state index in [-0.39, 0.29) is 11.7 Å². The Morgan fingerprint density at radius 1 is 1.24 bits per heavy atom. The Balaban J connectivity index is 2.95. The van der Waals surface area contributed by atoms with Crippen LogP contribution in [0.25, 0.3) is 0 Å². The second-order valence-electron chi connectivity index (χ2n) is 5.51. The van der Waals surface area contributed by atoms with Gasteiger partial charge in [0.05, 0.1) is 16.8 Å². The van der Waals surface area contributed by atoms with E-state index in [9.17, 15) is 13.5 Å². The molecule has 120 valence electrons. The molecule has 0 aliphatic heterocycles. The summed E-state index contributed by atoms with van der Waals surface area (Å²) in [6.45, 7) is 4.46. The highest BCUT2D eigenvalue weighted by Crippen LogP contribution is 2.23. The van der Waals surface area contributed by atoms with Crippen LogP contribution in [0.2, 0.25) is 0 Å². The average Bonchev–Trinajstić information content (AvgIpc) is 2.47. The Morgan fingerprint density at radius 3 is 2.52 bits per heavy atom. The highest BCUT2D eigenvalue weighted by atomic mass is 32.2. The lowest BCUT2D eigenvalue weighted by molar-refractivity contribution is 0.170. The molecule has 0 aliphatic rings. The largest absolute Gasteiger partial charge is 0.388 e. The van der Waals surface area contributed by atoms with E-state index in [1.54, 1.807) is 24.3 Å². The first-order valence-electron chi connectivity index (χ1n) is 7.65. The molecule has 0 radical (unpaired) electrons. The lowest BCUT2D eigenvalue weighted by Crippen LogP contribution is -2.16. The Labute approximate surface area is 128 Å². The van der Waals surface area contributed by atoms with Gasteiger partial charge in [-0.1, -0.05) is 38.8 Å². The van der Waals surface area contributed by atoms with Crippen LogP contribution in [-0.4, -0.2) is 25.8 Å². The van der Waals surface area contributed by atoms with Crippen molar-refractivity contribution in [1.29, 1.82) is 0 Å². The van der Waals surface area contributed by atoms with E-state index in [0.29, 0.717) is 23.4 Å². The summed E-state index contributed by atoms with van der Waals surface area (Å²) < 4.78 is 25.0. The highest BCUT2D eigenvalue weighted by molar-refractivity contribution is 7.91. The number of aliphatic hydroxyl groups is 1. The van der Waals surface area contributed by atoms with Crippen LogP contribution in [0.5, 0.6) is 0 Å². The molecule has 1 aromatic carbocycles. The molecule has 0 saturated carbocycles. The summed E-state index contributed by atoms with van der Waals surface area (Å²) in [5, 5.41) is 9.95. The predicted molar refractivity (Wildman–Crippen MR) is 85.8 cm³/mol. The van der Waals surface area contributed by atoms with Crippen molar-refractivity contribution in [1.82, 2.24) is 0 Å². The summed E-state index contributed by atoms with van der Waals surface area (Å²) in [5.41, 5.74) is 6.05. The maximum Gasteiger partial charge on any atom is 0.178 e. The molecule has 0 fully saturated rings. The number of rotatable bonds is 9. The van der Waals surface area contributed by atoms with Crippen molar-refractivity contribution in [2.45, 2.75) is 50.5 Å². The number of hydrogen-bond donors (Lipinski definition) is 2. The van der Waals surface area contributed by atoms with Gasteiger partial charge in [0.2, 0.25) is 0 Å². The van der Waals surface area contributed by atoms with Gasteiger partial charge in [-0.15, -0.1) is 0 Å². The Bertz CT molecular complexity index is 528. The molecule has 21 heavy (non-hydrogen) atoms. The van der Waals surface area contributed by atoms with Gasteiger partial charge in [-0.25, -0.2) is 8.42 Å². The first kappa shape index (κ1) is 18.1. The summed E-state index contributed by atoms with van der Waals surface area (Å²) in [7, 11) is -3.31. The third kappa shape index (κ3) is 5.41. The predicted octanol–water partition coefficient (Wildman–Crippen LogP) is 2.67. The van der Waals surface area contributed by atoms with Crippen LogP contribution in [0.4, 0.5) is 0 Å². The molecule has 0 spiro atoms. The molecule has 1 aromatic rings. The molecule has 3 N–H and O–H groups in total. The molecule has 2 atom stereocenters. The van der Waals surface area contributed by atoms with Gasteiger partial charge < -0.3 is 10.8 Å². The van der Waals surface area contributed by atoms with Crippen molar-refractivity contribution >= 4 is 9.84 Å². The fraction of sp³-hybridized carbons (Fsp3) is 0.625. The molecule has 5 heteroatoms. The number of benzene rings is 1. The van der Waals surface area contributed by atoms with Gasteiger partial charge in [0.15, 0.2) is 9.84 Å². The summed E-state index contributed by atoms with van der Waals surface area (Å²) >= 11 is 0. The zero-order chi connectivity index (χ0) is 15.9. The van der Waals surface area contributed by atoms with Gasteiger partial charge in [-0.3, -0.25) is 0 Å². The third-order valence-corrected chi connectivity index (χ3v) is 5.65. The van der Waals surface area contributed by atoms with Crippen LogP contribution >= 0.6 is 0 Å². The van der Waals surface area contributed by atoms with Crippen molar-refractivity contribution in [2.75, 3.05) is 12.3 Å². The lowest BCUT2D eigenvalue weighted by atomic mass is 10.0. The summed E-state index contributed by atoms with van der Waals surface area (Å²) in [5.74, 6) is 0.367. The molecule has 4 nitrogen and oxygen atoms in total. The van der Waals surface area contributed by atoms with Crippen molar-refractivity contribution in [3.05, 3.63) is 29.8 Å². The first-order chi connectivity index (χ1) is 9.94. The molecule has 1 rings (SSSR count). The minimum atomic E-state index is -3.31. The Hall–Kier alpha value is -0.910. The maximum atomic E-state index is 12.5. The monoisotopic (exact) mass is 313 g/mol. The molecule has 0 aliphatic carbocycles. The van der Waals surface area contributed by atoms with E-state index in [1.165, 1.54) is 0 Å².